The van der Waals surface area contributed by atoms with E-state index in [1.807, 2.05) is 60.8 Å². The molecule has 0 spiro atoms. The minimum Gasteiger partial charge on any atom is 0 e. The maximum Gasteiger partial charge on any atom is 0 e. The fourth-order valence-electron chi connectivity index (χ4n) is 7.25. The van der Waals surface area contributed by atoms with E-state index in [0.717, 1.165) is 38.6 Å². The zero-order valence-electron chi connectivity index (χ0n) is 41.0. The Morgan fingerprint density at radius 3 is 2.22 bits per heavy atom. The van der Waals surface area contributed by atoms with Gasteiger partial charge in [0.05, 0.1) is 11.6 Å². The summed E-state index contributed by atoms with van der Waals surface area (Å²) in [6.45, 7) is 0.110. The number of nitrogens with zero attached hydrogens (tertiary/aromatic N) is 4. The molecule has 4 heterocycles. The van der Waals surface area contributed by atoms with Crippen LogP contribution < -0.4 is 4.40 Å². The number of halogens is 1. The van der Waals surface area contributed by atoms with Gasteiger partial charge >= 0.3 is 104 Å². The van der Waals surface area contributed by atoms with Crippen LogP contribution in [0, 0.1) is 48.4 Å². The number of aryl methyl sites for hydroxylation is 2. The van der Waals surface area contributed by atoms with Gasteiger partial charge in [-0.25, -0.2) is 0 Å². The molecule has 0 atom stereocenters. The number of hydrogen-bond donors (Lipinski definition) is 0. The molecule has 0 saturated heterocycles. The van der Waals surface area contributed by atoms with Crippen LogP contribution >= 0.6 is 0 Å². The molecule has 0 N–H and O–H groups in total. The van der Waals surface area contributed by atoms with Gasteiger partial charge in [0.25, 0.3) is 0 Å². The Bertz CT molecular complexity index is 3290. The zero-order valence-corrected chi connectivity index (χ0v) is 37.5. The molecule has 0 unspecified atom stereocenters. The van der Waals surface area contributed by atoms with Crippen LogP contribution in [0.1, 0.15) is 54.0 Å². The van der Waals surface area contributed by atoms with Gasteiger partial charge in [0.1, 0.15) is 0 Å². The summed E-state index contributed by atoms with van der Waals surface area (Å²) in [5.74, 6) is 6.73. The quantitative estimate of drug-likeness (QED) is 0.128. The van der Waals surface area contributed by atoms with E-state index in [-0.39, 0.29) is 42.6 Å². The van der Waals surface area contributed by atoms with Gasteiger partial charge in [-0.05, 0) is 88.5 Å². The minimum atomic E-state index is -2.59. The van der Waals surface area contributed by atoms with Crippen molar-refractivity contribution in [2.75, 3.05) is 0 Å². The van der Waals surface area contributed by atoms with E-state index in [9.17, 15) is 9.65 Å². The molecule has 7 heteroatoms. The first-order valence-corrected chi connectivity index (χ1v) is 26.1. The predicted octanol–water partition coefficient (Wildman–Crippen LogP) is 12.7. The summed E-state index contributed by atoms with van der Waals surface area (Å²) in [5.41, 5.74) is 5.95. The van der Waals surface area contributed by atoms with Crippen molar-refractivity contribution < 1.29 is 35.5 Å². The van der Waals surface area contributed by atoms with Crippen LogP contribution in [-0.2, 0) is 26.5 Å². The molecule has 0 aliphatic carbocycles. The van der Waals surface area contributed by atoms with Crippen LogP contribution in [0.25, 0.3) is 71.7 Å². The summed E-state index contributed by atoms with van der Waals surface area (Å²) < 4.78 is 84.4. The fourth-order valence-corrected chi connectivity index (χ4v) is 9.42. The van der Waals surface area contributed by atoms with E-state index < -0.39 is 38.8 Å². The molecule has 4 nitrogen and oxygen atoms in total. The molecular formula is C51H45FGeIrN4-2. The number of para-hydroxylation sites is 1. The molecular weight excluding hydrogens is 952 g/mol. The number of rotatable bonds is 5. The van der Waals surface area contributed by atoms with Gasteiger partial charge in [0, 0.05) is 54.0 Å². The third-order valence-electron chi connectivity index (χ3n) is 10.0. The number of benzene rings is 5. The van der Waals surface area contributed by atoms with Crippen molar-refractivity contribution >= 4 is 55.8 Å². The van der Waals surface area contributed by atoms with E-state index in [1.54, 1.807) is 45.0 Å². The van der Waals surface area contributed by atoms with Crippen molar-refractivity contribution in [2.45, 2.75) is 58.1 Å². The summed E-state index contributed by atoms with van der Waals surface area (Å²) in [6, 6.07) is 38.9. The topological polar surface area (TPSA) is 54.0 Å². The SMILES string of the molecule is [2H]C([2H])([2H])c1cnc(-c2[c-]c3c4ccccc4n4c5cc(-c6ccc(C#N)cc6)cc(C([2H])([2H])[2H])c5c(c2)c34)cc1C([2H])([2H])C(C)(C)C.[CH3][Ge]([CH3])([CH3])[c]1ccc(-c2[c-]cc(F)cc2)nc1.[Ir]. The predicted molar refractivity (Wildman–Crippen MR) is 237 cm³/mol. The summed E-state index contributed by atoms with van der Waals surface area (Å²) in [4.78, 5) is 8.97. The van der Waals surface area contributed by atoms with E-state index >= 15 is 0 Å². The van der Waals surface area contributed by atoms with Crippen molar-refractivity contribution in [3.05, 3.63) is 156 Å². The standard InChI is InChI=1S/C37H30N3.C14H15FGeN.Ir/c1-22-14-26(25-12-10-24(20-38)11-13-25)18-34-35(22)31-16-27(32-17-28(19-37(3,4)5)23(2)21-39-32)15-30-29-8-6-7-9-33(29)40(34)36(30)31;1-16(2,3)13-8-9-14(17-10-13)11-4-6-12(15)7-5-11;/h6-14,16-18,21H,19H2,1-5H3;4,6-10H,1-3H3;/q2*-1;/i1D3,2D3,19D2;;. The Kier molecular flexibility index (Phi) is 8.69. The van der Waals surface area contributed by atoms with Gasteiger partial charge in [0.15, 0.2) is 0 Å². The maximum absolute atomic E-state index is 12.8. The summed E-state index contributed by atoms with van der Waals surface area (Å²) in [6.07, 6.45) is 1.16. The normalized spacial score (nSPS) is 14.5. The van der Waals surface area contributed by atoms with Crippen molar-refractivity contribution in [1.82, 2.24) is 14.4 Å². The molecule has 9 rings (SSSR count). The van der Waals surface area contributed by atoms with Gasteiger partial charge in [0.2, 0.25) is 0 Å². The van der Waals surface area contributed by atoms with Crippen LogP contribution in [0.5, 0.6) is 0 Å². The Hall–Kier alpha value is -5.19. The average Bonchev–Trinajstić information content (AvgIpc) is 3.77. The minimum absolute atomic E-state index is 0. The Morgan fingerprint density at radius 2 is 1.57 bits per heavy atom. The third-order valence-corrected chi connectivity index (χ3v) is 14.3. The van der Waals surface area contributed by atoms with Crippen LogP contribution in [0.2, 0.25) is 17.3 Å². The van der Waals surface area contributed by atoms with E-state index in [0.29, 0.717) is 38.7 Å². The van der Waals surface area contributed by atoms with Gasteiger partial charge < -0.3 is 4.40 Å². The van der Waals surface area contributed by atoms with Crippen molar-refractivity contribution in [2.24, 2.45) is 5.41 Å². The van der Waals surface area contributed by atoms with E-state index in [1.165, 1.54) is 28.8 Å². The molecule has 1 radical (unpaired) electrons. The number of nitriles is 1. The molecule has 9 aromatic rings. The molecule has 58 heavy (non-hydrogen) atoms. The second-order valence-electron chi connectivity index (χ2n) is 16.4. The first kappa shape index (κ1) is 31.8. The van der Waals surface area contributed by atoms with E-state index in [4.69, 9.17) is 11.0 Å². The van der Waals surface area contributed by atoms with Crippen molar-refractivity contribution in [3.63, 3.8) is 0 Å². The first-order chi connectivity index (χ1) is 30.4. The molecule has 0 aliphatic rings. The van der Waals surface area contributed by atoms with E-state index in [2.05, 4.69) is 55.9 Å². The maximum atomic E-state index is 12.8. The second-order valence-corrected chi connectivity index (χ2v) is 27.0. The monoisotopic (exact) mass is 1010 g/mol. The number of aromatic nitrogens is 3. The Labute approximate surface area is 368 Å². The van der Waals surface area contributed by atoms with Crippen LogP contribution in [0.4, 0.5) is 4.39 Å². The van der Waals surface area contributed by atoms with Crippen molar-refractivity contribution in [1.29, 1.82) is 5.26 Å². The summed E-state index contributed by atoms with van der Waals surface area (Å²) in [7, 11) is 0. The average molecular weight is 1010 g/mol. The second kappa shape index (κ2) is 15.9. The molecule has 0 saturated carbocycles. The molecule has 0 fully saturated rings. The Balaban J connectivity index is 0.000000303. The zero-order chi connectivity index (χ0) is 47.0. The Morgan fingerprint density at radius 1 is 0.810 bits per heavy atom. The molecule has 0 amide bonds. The van der Waals surface area contributed by atoms with Gasteiger partial charge in [-0.1, -0.05) is 85.0 Å². The van der Waals surface area contributed by atoms with Gasteiger partial charge in [-0.15, -0.1) is 12.1 Å². The smallest absolute Gasteiger partial charge is 0 e. The molecule has 5 aromatic carbocycles. The summed E-state index contributed by atoms with van der Waals surface area (Å²) in [5, 5.41) is 12.2. The van der Waals surface area contributed by atoms with Crippen LogP contribution in [0.3, 0.4) is 0 Å². The number of pyridine rings is 2. The largest absolute Gasteiger partial charge is 0 e. The molecule has 0 aliphatic heterocycles. The molecule has 0 bridgehead atoms. The molecule has 4 aromatic heterocycles. The van der Waals surface area contributed by atoms with Crippen molar-refractivity contribution in [3.8, 4) is 39.7 Å². The molecule has 291 valence electrons. The summed E-state index contributed by atoms with van der Waals surface area (Å²) >= 11 is -1.79. The van der Waals surface area contributed by atoms with Crippen LogP contribution in [0.15, 0.2) is 116 Å². The number of hydrogen-bond acceptors (Lipinski definition) is 3. The number of fused-ring (bicyclic) bond motifs is 6. The fraction of sp³-hybridized carbons (Fsp3) is 0.196. The van der Waals surface area contributed by atoms with Gasteiger partial charge in [-0.2, -0.15) is 5.26 Å². The first-order valence-electron chi connectivity index (χ1n) is 22.7. The van der Waals surface area contributed by atoms with Gasteiger partial charge in [-0.3, -0.25) is 4.98 Å². The third kappa shape index (κ3) is 7.97. The van der Waals surface area contributed by atoms with Crippen LogP contribution in [-0.4, -0.2) is 27.6 Å².